The number of H-pyrrole nitrogens is 1. The van der Waals surface area contributed by atoms with E-state index in [9.17, 15) is 9.59 Å². The number of benzene rings is 2. The molecule has 2 heterocycles. The maximum atomic E-state index is 13.2. The van der Waals surface area contributed by atoms with Crippen molar-refractivity contribution in [3.63, 3.8) is 0 Å². The van der Waals surface area contributed by atoms with Gasteiger partial charge in [0.1, 0.15) is 5.82 Å². The predicted octanol–water partition coefficient (Wildman–Crippen LogP) is 3.82. The molecule has 0 fully saturated rings. The molecule has 148 valence electrons. The molecule has 0 aliphatic carbocycles. The van der Waals surface area contributed by atoms with Crippen LogP contribution in [0.4, 0.5) is 0 Å². The zero-order valence-corrected chi connectivity index (χ0v) is 16.8. The molecule has 1 amide bonds. The second-order valence-corrected chi connectivity index (χ2v) is 7.59. The summed E-state index contributed by atoms with van der Waals surface area (Å²) in [6, 6.07) is 17.8. The van der Waals surface area contributed by atoms with Crippen molar-refractivity contribution in [2.24, 2.45) is 0 Å². The average Bonchev–Trinajstić information content (AvgIpc) is 2.74. The van der Waals surface area contributed by atoms with E-state index in [0.717, 1.165) is 28.8 Å². The summed E-state index contributed by atoms with van der Waals surface area (Å²) in [6.45, 7) is 4.93. The van der Waals surface area contributed by atoms with E-state index < -0.39 is 0 Å². The number of nitrogens with zero attached hydrogens (tertiary/aromatic N) is 2. The molecule has 0 bridgehead atoms. The van der Waals surface area contributed by atoms with E-state index in [2.05, 4.69) is 4.98 Å². The third-order valence-corrected chi connectivity index (χ3v) is 5.58. The Hall–Kier alpha value is -3.21. The van der Waals surface area contributed by atoms with Gasteiger partial charge in [0.25, 0.3) is 5.56 Å². The normalized spacial score (nSPS) is 14.3. The lowest BCUT2D eigenvalue weighted by molar-refractivity contribution is -0.133. The van der Waals surface area contributed by atoms with Gasteiger partial charge in [0.2, 0.25) is 5.91 Å². The molecule has 1 aliphatic rings. The molecule has 29 heavy (non-hydrogen) atoms. The smallest absolute Gasteiger partial charge is 0.256 e. The van der Waals surface area contributed by atoms with Crippen molar-refractivity contribution >= 4 is 5.91 Å². The number of hydrogen-bond donors (Lipinski definition) is 1. The van der Waals surface area contributed by atoms with E-state index in [1.807, 2.05) is 68.4 Å². The number of carbonyl (C=O) groups is 1. The second kappa shape index (κ2) is 8.03. The molecule has 0 spiro atoms. The maximum absolute atomic E-state index is 13.2. The van der Waals surface area contributed by atoms with E-state index >= 15 is 0 Å². The van der Waals surface area contributed by atoms with Crippen molar-refractivity contribution in [2.45, 2.75) is 39.2 Å². The van der Waals surface area contributed by atoms with Crippen LogP contribution < -0.4 is 5.56 Å². The van der Waals surface area contributed by atoms with Crippen molar-refractivity contribution < 1.29 is 4.79 Å². The quantitative estimate of drug-likeness (QED) is 0.740. The van der Waals surface area contributed by atoms with Crippen molar-refractivity contribution in [1.82, 2.24) is 14.9 Å². The summed E-state index contributed by atoms with van der Waals surface area (Å²) in [6.07, 6.45) is 1.32. The van der Waals surface area contributed by atoms with E-state index in [-0.39, 0.29) is 17.4 Å². The van der Waals surface area contributed by atoms with Crippen LogP contribution in [0.2, 0.25) is 0 Å². The first kappa shape index (κ1) is 19.1. The van der Waals surface area contributed by atoms with Gasteiger partial charge in [0, 0.05) is 18.5 Å². The molecular weight excluding hydrogens is 362 g/mol. The molecule has 0 unspecified atom stereocenters. The van der Waals surface area contributed by atoms with E-state index in [0.29, 0.717) is 30.9 Å². The van der Waals surface area contributed by atoms with Crippen LogP contribution >= 0.6 is 0 Å². The number of aromatic nitrogens is 2. The lowest BCUT2D eigenvalue weighted by atomic mass is 9.94. The van der Waals surface area contributed by atoms with Gasteiger partial charge in [-0.1, -0.05) is 61.0 Å². The first-order valence-corrected chi connectivity index (χ1v) is 10.1. The van der Waals surface area contributed by atoms with E-state index in [1.54, 1.807) is 4.90 Å². The summed E-state index contributed by atoms with van der Waals surface area (Å²) >= 11 is 0. The van der Waals surface area contributed by atoms with E-state index in [4.69, 9.17) is 4.98 Å². The number of carbonyl (C=O) groups excluding carboxylic acids is 1. The largest absolute Gasteiger partial charge is 0.337 e. The third-order valence-electron chi connectivity index (χ3n) is 5.58. The summed E-state index contributed by atoms with van der Waals surface area (Å²) in [5, 5.41) is 0. The Morgan fingerprint density at radius 1 is 1.17 bits per heavy atom. The number of amides is 1. The zero-order valence-electron chi connectivity index (χ0n) is 16.8. The van der Waals surface area contributed by atoms with Gasteiger partial charge in [0.15, 0.2) is 0 Å². The first-order valence-electron chi connectivity index (χ1n) is 10.1. The molecule has 1 N–H and O–H groups in total. The van der Waals surface area contributed by atoms with Crippen LogP contribution in [0.25, 0.3) is 11.4 Å². The molecule has 2 aromatic carbocycles. The van der Waals surface area contributed by atoms with Crippen LogP contribution in [0.3, 0.4) is 0 Å². The van der Waals surface area contributed by atoms with Crippen molar-refractivity contribution in [3.8, 4) is 11.4 Å². The number of hydrogen-bond acceptors (Lipinski definition) is 3. The highest BCUT2D eigenvalue weighted by atomic mass is 16.2. The minimum Gasteiger partial charge on any atom is -0.337 e. The van der Waals surface area contributed by atoms with Crippen LogP contribution in [-0.2, 0) is 17.8 Å². The van der Waals surface area contributed by atoms with Gasteiger partial charge >= 0.3 is 0 Å². The highest BCUT2D eigenvalue weighted by molar-refractivity contribution is 5.84. The topological polar surface area (TPSA) is 66.1 Å². The Labute approximate surface area is 170 Å². The summed E-state index contributed by atoms with van der Waals surface area (Å²) in [4.78, 5) is 35.4. The first-order chi connectivity index (χ1) is 14.1. The van der Waals surface area contributed by atoms with Crippen molar-refractivity contribution in [3.05, 3.63) is 87.3 Å². The Morgan fingerprint density at radius 3 is 2.69 bits per heavy atom. The number of rotatable bonds is 4. The molecule has 5 nitrogen and oxygen atoms in total. The lowest BCUT2D eigenvalue weighted by Crippen LogP contribution is -2.41. The summed E-state index contributed by atoms with van der Waals surface area (Å²) < 4.78 is 0. The third kappa shape index (κ3) is 3.86. The Kier molecular flexibility index (Phi) is 5.30. The van der Waals surface area contributed by atoms with Gasteiger partial charge in [-0.15, -0.1) is 0 Å². The van der Waals surface area contributed by atoms with Crippen LogP contribution in [0.15, 0.2) is 59.4 Å². The average molecular weight is 387 g/mol. The molecule has 1 atom stereocenters. The Morgan fingerprint density at radius 2 is 1.97 bits per heavy atom. The van der Waals surface area contributed by atoms with E-state index in [1.165, 1.54) is 0 Å². The van der Waals surface area contributed by atoms with Crippen LogP contribution in [0, 0.1) is 6.92 Å². The number of fused-ring (bicyclic) bond motifs is 1. The lowest BCUT2D eigenvalue weighted by Gasteiger charge is -2.31. The van der Waals surface area contributed by atoms with Crippen LogP contribution in [0.1, 0.15) is 41.6 Å². The van der Waals surface area contributed by atoms with Crippen LogP contribution in [-0.4, -0.2) is 27.3 Å². The van der Waals surface area contributed by atoms with Crippen molar-refractivity contribution in [2.75, 3.05) is 6.54 Å². The summed E-state index contributed by atoms with van der Waals surface area (Å²) in [7, 11) is 0. The molecule has 1 aromatic heterocycles. The Bertz CT molecular complexity index is 1090. The molecule has 0 radical (unpaired) electrons. The highest BCUT2D eigenvalue weighted by Crippen LogP contribution is 2.25. The van der Waals surface area contributed by atoms with Gasteiger partial charge in [-0.05, 0) is 25.0 Å². The van der Waals surface area contributed by atoms with Gasteiger partial charge in [0.05, 0.1) is 23.7 Å². The zero-order chi connectivity index (χ0) is 20.4. The predicted molar refractivity (Wildman–Crippen MR) is 114 cm³/mol. The SMILES string of the molecule is CC[C@@H](C(=O)N1CCc2nc(-c3cccc(C)c3)[nH]c(=O)c2C1)c1ccccc1. The minimum atomic E-state index is -0.184. The molecule has 0 saturated carbocycles. The number of aromatic amines is 1. The second-order valence-electron chi connectivity index (χ2n) is 7.59. The molecule has 5 heteroatoms. The monoisotopic (exact) mass is 387 g/mol. The standard InChI is InChI=1S/C24H25N3O2/c1-3-19(17-9-5-4-6-10-17)24(29)27-13-12-21-20(15-27)23(28)26-22(25-21)18-11-7-8-16(2)14-18/h4-11,14,19H,3,12-13,15H2,1-2H3,(H,25,26,28)/t19-/m1/s1. The van der Waals surface area contributed by atoms with Crippen LogP contribution in [0.5, 0.6) is 0 Å². The molecule has 3 aromatic rings. The fraction of sp³-hybridized carbons (Fsp3) is 0.292. The van der Waals surface area contributed by atoms with Gasteiger partial charge in [-0.2, -0.15) is 0 Å². The highest BCUT2D eigenvalue weighted by Gasteiger charge is 2.29. The van der Waals surface area contributed by atoms with Gasteiger partial charge in [-0.3, -0.25) is 9.59 Å². The molecular formula is C24H25N3O2. The summed E-state index contributed by atoms with van der Waals surface area (Å²) in [5.41, 5.74) is 4.28. The van der Waals surface area contributed by atoms with Gasteiger partial charge < -0.3 is 9.88 Å². The van der Waals surface area contributed by atoms with Gasteiger partial charge in [-0.25, -0.2) is 4.98 Å². The minimum absolute atomic E-state index is 0.0755. The summed E-state index contributed by atoms with van der Waals surface area (Å²) in [5.74, 6) is 0.482. The number of aryl methyl sites for hydroxylation is 1. The maximum Gasteiger partial charge on any atom is 0.256 e. The Balaban J connectivity index is 1.60. The fourth-order valence-corrected chi connectivity index (χ4v) is 4.00. The molecule has 1 aliphatic heterocycles. The van der Waals surface area contributed by atoms with Crippen molar-refractivity contribution in [1.29, 1.82) is 0 Å². The molecule has 0 saturated heterocycles. The fourth-order valence-electron chi connectivity index (χ4n) is 4.00. The molecule has 4 rings (SSSR count). The number of nitrogens with one attached hydrogen (secondary N) is 1.